The molecule has 5 heteroatoms. The number of rotatable bonds is 4. The van der Waals surface area contributed by atoms with Crippen LogP contribution >= 0.6 is 0 Å². The van der Waals surface area contributed by atoms with Crippen LogP contribution in [0, 0.1) is 11.3 Å². The van der Waals surface area contributed by atoms with E-state index in [1.54, 1.807) is 0 Å². The topological polar surface area (TPSA) is 50.2 Å². The average Bonchev–Trinajstić information content (AvgIpc) is 2.79. The summed E-state index contributed by atoms with van der Waals surface area (Å²) in [4.78, 5) is 19.3. The van der Waals surface area contributed by atoms with E-state index in [1.165, 1.54) is 25.0 Å². The Balaban J connectivity index is 1.60. The molecule has 1 fully saturated rings. The predicted molar refractivity (Wildman–Crippen MR) is 95.9 cm³/mol. The molecule has 0 bridgehead atoms. The quantitative estimate of drug-likeness (QED) is 0.918. The first-order chi connectivity index (χ1) is 11.3. The lowest BCUT2D eigenvalue weighted by Crippen LogP contribution is -2.47. The van der Waals surface area contributed by atoms with Crippen LogP contribution < -0.4 is 5.32 Å². The maximum Gasteiger partial charge on any atom is 0.317 e. The Morgan fingerprint density at radius 2 is 2.08 bits per heavy atom. The molecule has 1 aliphatic carbocycles. The van der Waals surface area contributed by atoms with Gasteiger partial charge in [0.05, 0.1) is 12.2 Å². The summed E-state index contributed by atoms with van der Waals surface area (Å²) in [5.74, 6) is 2.29. The van der Waals surface area contributed by atoms with Gasteiger partial charge in [0.1, 0.15) is 5.82 Å². The SMILES string of the molecule is CC(C)c1nc2c(n1C)CCN(C(=O)NCC(C)(C)C1CCC1)C2. The van der Waals surface area contributed by atoms with Crippen LogP contribution in [0.4, 0.5) is 4.79 Å². The smallest absolute Gasteiger partial charge is 0.317 e. The first-order valence-corrected chi connectivity index (χ1v) is 9.36. The standard InChI is InChI=1S/C19H32N4O/c1-13(2)17-21-15-11-23(10-9-16(15)22(17)5)18(24)20-12-19(3,4)14-7-6-8-14/h13-14H,6-12H2,1-5H3,(H,20,24). The van der Waals surface area contributed by atoms with E-state index in [-0.39, 0.29) is 11.4 Å². The second kappa shape index (κ2) is 6.41. The summed E-state index contributed by atoms with van der Waals surface area (Å²) in [6, 6.07) is 0.0600. The summed E-state index contributed by atoms with van der Waals surface area (Å²) in [7, 11) is 2.10. The van der Waals surface area contributed by atoms with Crippen molar-refractivity contribution in [2.45, 2.75) is 65.8 Å². The highest BCUT2D eigenvalue weighted by molar-refractivity contribution is 5.74. The van der Waals surface area contributed by atoms with E-state index < -0.39 is 0 Å². The van der Waals surface area contributed by atoms with E-state index in [0.717, 1.165) is 36.9 Å². The number of carbonyl (C=O) groups is 1. The highest BCUT2D eigenvalue weighted by Gasteiger charge is 2.34. The van der Waals surface area contributed by atoms with Gasteiger partial charge in [-0.2, -0.15) is 0 Å². The number of fused-ring (bicyclic) bond motifs is 1. The normalized spacial score (nSPS) is 18.5. The van der Waals surface area contributed by atoms with Gasteiger partial charge in [0.15, 0.2) is 0 Å². The lowest BCUT2D eigenvalue weighted by atomic mass is 9.67. The molecule has 2 heterocycles. The highest BCUT2D eigenvalue weighted by Crippen LogP contribution is 2.41. The molecule has 0 aromatic carbocycles. The van der Waals surface area contributed by atoms with E-state index in [2.05, 4.69) is 44.6 Å². The van der Waals surface area contributed by atoms with Crippen LogP contribution in [0.3, 0.4) is 0 Å². The first-order valence-electron chi connectivity index (χ1n) is 9.36. The van der Waals surface area contributed by atoms with Gasteiger partial charge >= 0.3 is 6.03 Å². The number of carbonyl (C=O) groups excluding carboxylic acids is 1. The Morgan fingerprint density at radius 1 is 1.38 bits per heavy atom. The monoisotopic (exact) mass is 332 g/mol. The minimum absolute atomic E-state index is 0.0600. The van der Waals surface area contributed by atoms with E-state index >= 15 is 0 Å². The van der Waals surface area contributed by atoms with Crippen molar-refractivity contribution >= 4 is 6.03 Å². The van der Waals surface area contributed by atoms with E-state index in [0.29, 0.717) is 12.5 Å². The van der Waals surface area contributed by atoms with Gasteiger partial charge in [-0.25, -0.2) is 9.78 Å². The minimum atomic E-state index is 0.0600. The molecule has 0 saturated heterocycles. The van der Waals surface area contributed by atoms with Crippen molar-refractivity contribution < 1.29 is 4.79 Å². The van der Waals surface area contributed by atoms with Crippen molar-refractivity contribution in [2.75, 3.05) is 13.1 Å². The third kappa shape index (κ3) is 3.17. The highest BCUT2D eigenvalue weighted by atomic mass is 16.2. The van der Waals surface area contributed by atoms with Gasteiger partial charge in [0.2, 0.25) is 0 Å². The molecule has 24 heavy (non-hydrogen) atoms. The lowest BCUT2D eigenvalue weighted by Gasteiger charge is -2.41. The molecule has 2 amide bonds. The summed E-state index contributed by atoms with van der Waals surface area (Å²) in [6.07, 6.45) is 4.85. The van der Waals surface area contributed by atoms with Crippen LogP contribution in [0.5, 0.6) is 0 Å². The van der Waals surface area contributed by atoms with Crippen LogP contribution in [0.25, 0.3) is 0 Å². The minimum Gasteiger partial charge on any atom is -0.337 e. The van der Waals surface area contributed by atoms with Crippen molar-refractivity contribution in [3.05, 3.63) is 17.2 Å². The van der Waals surface area contributed by atoms with Gasteiger partial charge in [-0.1, -0.05) is 34.1 Å². The molecular weight excluding hydrogens is 300 g/mol. The first kappa shape index (κ1) is 17.3. The number of imidazole rings is 1. The fourth-order valence-electron chi connectivity index (χ4n) is 3.99. The summed E-state index contributed by atoms with van der Waals surface area (Å²) in [6.45, 7) is 11.1. The van der Waals surface area contributed by atoms with Gasteiger partial charge in [-0.3, -0.25) is 0 Å². The number of amides is 2. The van der Waals surface area contributed by atoms with Crippen LogP contribution in [0.1, 0.15) is 70.1 Å². The Bertz CT molecular complexity index is 613. The lowest BCUT2D eigenvalue weighted by molar-refractivity contribution is 0.116. The van der Waals surface area contributed by atoms with Gasteiger partial charge in [-0.15, -0.1) is 0 Å². The second-order valence-corrected chi connectivity index (χ2v) is 8.52. The fraction of sp³-hybridized carbons (Fsp3) is 0.789. The zero-order valence-electron chi connectivity index (χ0n) is 15.9. The summed E-state index contributed by atoms with van der Waals surface area (Å²) < 4.78 is 2.22. The largest absolute Gasteiger partial charge is 0.337 e. The zero-order valence-corrected chi connectivity index (χ0v) is 15.9. The molecule has 1 aliphatic heterocycles. The summed E-state index contributed by atoms with van der Waals surface area (Å²) in [5.41, 5.74) is 2.56. The van der Waals surface area contributed by atoms with Crippen LogP contribution in [0.2, 0.25) is 0 Å². The number of nitrogens with zero attached hydrogens (tertiary/aromatic N) is 3. The molecule has 1 N–H and O–H groups in total. The summed E-state index contributed by atoms with van der Waals surface area (Å²) >= 11 is 0. The molecule has 3 rings (SSSR count). The number of aromatic nitrogens is 2. The molecule has 5 nitrogen and oxygen atoms in total. The Morgan fingerprint density at radius 3 is 2.67 bits per heavy atom. The molecule has 1 aromatic rings. The third-order valence-corrected chi connectivity index (χ3v) is 6.00. The Hall–Kier alpha value is -1.52. The van der Waals surface area contributed by atoms with Crippen molar-refractivity contribution in [1.29, 1.82) is 0 Å². The molecular formula is C19H32N4O. The van der Waals surface area contributed by atoms with Crippen molar-refractivity contribution in [3.8, 4) is 0 Å². The van der Waals surface area contributed by atoms with Crippen molar-refractivity contribution in [3.63, 3.8) is 0 Å². The molecule has 1 saturated carbocycles. The third-order valence-electron chi connectivity index (χ3n) is 6.00. The number of urea groups is 1. The fourth-order valence-corrected chi connectivity index (χ4v) is 3.99. The average molecular weight is 332 g/mol. The van der Waals surface area contributed by atoms with Gasteiger partial charge < -0.3 is 14.8 Å². The van der Waals surface area contributed by atoms with Crippen molar-refractivity contribution in [1.82, 2.24) is 19.8 Å². The second-order valence-electron chi connectivity index (χ2n) is 8.52. The van der Waals surface area contributed by atoms with E-state index in [4.69, 9.17) is 4.98 Å². The maximum atomic E-state index is 12.6. The Kier molecular flexibility index (Phi) is 4.63. The predicted octanol–water partition coefficient (Wildman–Crippen LogP) is 3.44. The maximum absolute atomic E-state index is 12.6. The molecule has 1 aromatic heterocycles. The number of hydrogen-bond donors (Lipinski definition) is 1. The van der Waals surface area contributed by atoms with Gasteiger partial charge in [-0.05, 0) is 24.2 Å². The Labute approximate surface area is 145 Å². The van der Waals surface area contributed by atoms with Crippen LogP contribution in [0.15, 0.2) is 0 Å². The number of hydrogen-bond acceptors (Lipinski definition) is 2. The van der Waals surface area contributed by atoms with E-state index in [9.17, 15) is 4.79 Å². The van der Waals surface area contributed by atoms with Crippen LogP contribution in [-0.2, 0) is 20.0 Å². The molecule has 0 atom stereocenters. The number of nitrogens with one attached hydrogen (secondary N) is 1. The zero-order chi connectivity index (χ0) is 17.5. The van der Waals surface area contributed by atoms with Gasteiger partial charge in [0, 0.05) is 38.2 Å². The van der Waals surface area contributed by atoms with E-state index in [1.807, 2.05) is 4.90 Å². The molecule has 0 spiro atoms. The van der Waals surface area contributed by atoms with Gasteiger partial charge in [0.25, 0.3) is 0 Å². The summed E-state index contributed by atoms with van der Waals surface area (Å²) in [5, 5.41) is 3.17. The molecule has 0 radical (unpaired) electrons. The molecule has 0 unspecified atom stereocenters. The molecule has 134 valence electrons. The van der Waals surface area contributed by atoms with Crippen LogP contribution in [-0.4, -0.2) is 33.6 Å². The molecule has 2 aliphatic rings. The van der Waals surface area contributed by atoms with Crippen molar-refractivity contribution in [2.24, 2.45) is 18.4 Å².